The van der Waals surface area contributed by atoms with Gasteiger partial charge in [-0.25, -0.2) is 17.6 Å². The fourth-order valence-corrected chi connectivity index (χ4v) is 1.72. The van der Waals surface area contributed by atoms with Crippen molar-refractivity contribution < 1.29 is 27.1 Å². The number of hydrogen-bond donors (Lipinski definition) is 0. The van der Waals surface area contributed by atoms with Crippen LogP contribution in [-0.2, 0) is 0 Å². The van der Waals surface area contributed by atoms with E-state index < -0.39 is 40.2 Å². The fourth-order valence-electron chi connectivity index (χ4n) is 1.72. The first-order valence-corrected chi connectivity index (χ1v) is 5.47. The zero-order valence-electron chi connectivity index (χ0n) is 10.2. The lowest BCUT2D eigenvalue weighted by Gasteiger charge is -2.08. The maximum Gasteiger partial charge on any atom is 0.204 e. The summed E-state index contributed by atoms with van der Waals surface area (Å²) in [6.07, 6.45) is 0. The molecule has 0 N–H and O–H groups in total. The van der Waals surface area contributed by atoms with Crippen LogP contribution in [-0.4, -0.2) is 12.9 Å². The molecular formula is C14H8F4O2. The SMILES string of the molecule is COc1cc(F)c(C(=O)c2c(F)cccc2F)c(F)c1. The predicted molar refractivity (Wildman–Crippen MR) is 62.7 cm³/mol. The molecule has 0 aliphatic heterocycles. The first-order valence-electron chi connectivity index (χ1n) is 5.47. The molecule has 2 rings (SSSR count). The van der Waals surface area contributed by atoms with Crippen LogP contribution in [0, 0.1) is 23.3 Å². The maximum atomic E-state index is 13.7. The molecule has 0 bridgehead atoms. The predicted octanol–water partition coefficient (Wildman–Crippen LogP) is 3.48. The molecule has 0 unspecified atom stereocenters. The Labute approximate surface area is 111 Å². The Morgan fingerprint density at radius 3 is 1.80 bits per heavy atom. The van der Waals surface area contributed by atoms with Crippen LogP contribution >= 0.6 is 0 Å². The van der Waals surface area contributed by atoms with E-state index in [2.05, 4.69) is 4.74 Å². The van der Waals surface area contributed by atoms with E-state index in [9.17, 15) is 22.4 Å². The molecular weight excluding hydrogens is 276 g/mol. The first kappa shape index (κ1) is 14.0. The summed E-state index contributed by atoms with van der Waals surface area (Å²) in [6.45, 7) is 0. The third kappa shape index (κ3) is 2.36. The van der Waals surface area contributed by atoms with Crippen LogP contribution in [0.4, 0.5) is 17.6 Å². The van der Waals surface area contributed by atoms with Gasteiger partial charge in [-0.1, -0.05) is 6.07 Å². The van der Waals surface area contributed by atoms with Crippen LogP contribution in [0.3, 0.4) is 0 Å². The smallest absolute Gasteiger partial charge is 0.204 e. The van der Waals surface area contributed by atoms with Gasteiger partial charge in [0.05, 0.1) is 18.2 Å². The summed E-state index contributed by atoms with van der Waals surface area (Å²) >= 11 is 0. The van der Waals surface area contributed by atoms with Gasteiger partial charge in [-0.3, -0.25) is 4.79 Å². The van der Waals surface area contributed by atoms with Crippen molar-refractivity contribution in [2.75, 3.05) is 7.11 Å². The summed E-state index contributed by atoms with van der Waals surface area (Å²) in [5.74, 6) is -6.44. The third-order valence-corrected chi connectivity index (χ3v) is 2.67. The minimum Gasteiger partial charge on any atom is -0.497 e. The summed E-state index contributed by atoms with van der Waals surface area (Å²) < 4.78 is 59.0. The topological polar surface area (TPSA) is 26.3 Å². The van der Waals surface area contributed by atoms with E-state index in [1.54, 1.807) is 0 Å². The number of benzene rings is 2. The second-order valence-corrected chi connectivity index (χ2v) is 3.89. The van der Waals surface area contributed by atoms with Gasteiger partial charge in [-0.05, 0) is 12.1 Å². The molecule has 0 spiro atoms. The van der Waals surface area contributed by atoms with E-state index in [-0.39, 0.29) is 5.75 Å². The Hall–Kier alpha value is -2.37. The average molecular weight is 284 g/mol. The highest BCUT2D eigenvalue weighted by Crippen LogP contribution is 2.25. The number of halogens is 4. The summed E-state index contributed by atoms with van der Waals surface area (Å²) in [4.78, 5) is 11.9. The Bertz CT molecular complexity index is 640. The maximum absolute atomic E-state index is 13.7. The molecule has 104 valence electrons. The summed E-state index contributed by atoms with van der Waals surface area (Å²) in [5, 5.41) is 0. The Morgan fingerprint density at radius 2 is 1.35 bits per heavy atom. The number of carbonyl (C=O) groups excluding carboxylic acids is 1. The van der Waals surface area contributed by atoms with Crippen LogP contribution in [0.15, 0.2) is 30.3 Å². The van der Waals surface area contributed by atoms with Crippen molar-refractivity contribution >= 4 is 5.78 Å². The van der Waals surface area contributed by atoms with Gasteiger partial charge < -0.3 is 4.74 Å². The molecule has 0 radical (unpaired) electrons. The zero-order valence-corrected chi connectivity index (χ0v) is 10.2. The number of rotatable bonds is 3. The molecule has 0 fully saturated rings. The summed E-state index contributed by atoms with van der Waals surface area (Å²) in [7, 11) is 1.19. The lowest BCUT2D eigenvalue weighted by molar-refractivity contribution is 0.102. The van der Waals surface area contributed by atoms with Gasteiger partial charge in [0.2, 0.25) is 5.78 Å². The monoisotopic (exact) mass is 284 g/mol. The van der Waals surface area contributed by atoms with Crippen molar-refractivity contribution in [1.29, 1.82) is 0 Å². The van der Waals surface area contributed by atoms with E-state index in [4.69, 9.17) is 0 Å². The largest absolute Gasteiger partial charge is 0.497 e. The van der Waals surface area contributed by atoms with Gasteiger partial charge in [0.25, 0.3) is 0 Å². The number of ether oxygens (including phenoxy) is 1. The molecule has 2 aromatic carbocycles. The minimum atomic E-state index is -1.40. The van der Waals surface area contributed by atoms with Gasteiger partial charge in [-0.15, -0.1) is 0 Å². The van der Waals surface area contributed by atoms with Gasteiger partial charge in [0, 0.05) is 12.1 Å². The normalized spacial score (nSPS) is 10.4. The lowest BCUT2D eigenvalue weighted by Crippen LogP contribution is -2.12. The zero-order chi connectivity index (χ0) is 14.9. The van der Waals surface area contributed by atoms with E-state index >= 15 is 0 Å². The molecule has 0 saturated carbocycles. The van der Waals surface area contributed by atoms with Crippen molar-refractivity contribution in [2.45, 2.75) is 0 Å². The molecule has 0 saturated heterocycles. The molecule has 20 heavy (non-hydrogen) atoms. The van der Waals surface area contributed by atoms with E-state index in [1.165, 1.54) is 7.11 Å². The van der Waals surface area contributed by atoms with Gasteiger partial charge in [0.15, 0.2) is 0 Å². The van der Waals surface area contributed by atoms with Crippen LogP contribution in [0.2, 0.25) is 0 Å². The first-order chi connectivity index (χ1) is 9.45. The highest BCUT2D eigenvalue weighted by molar-refractivity contribution is 6.09. The second-order valence-electron chi connectivity index (χ2n) is 3.89. The van der Waals surface area contributed by atoms with Crippen molar-refractivity contribution in [2.24, 2.45) is 0 Å². The standard InChI is InChI=1S/C14H8F4O2/c1-20-7-5-10(17)13(11(18)6-7)14(19)12-8(15)3-2-4-9(12)16/h2-6H,1H3. The van der Waals surface area contributed by atoms with Crippen molar-refractivity contribution in [3.05, 3.63) is 64.7 Å². The van der Waals surface area contributed by atoms with Crippen LogP contribution in [0.5, 0.6) is 5.75 Å². The van der Waals surface area contributed by atoms with E-state index in [0.717, 1.165) is 30.3 Å². The third-order valence-electron chi connectivity index (χ3n) is 2.67. The molecule has 6 heteroatoms. The molecule has 0 amide bonds. The number of hydrogen-bond acceptors (Lipinski definition) is 2. The average Bonchev–Trinajstić information content (AvgIpc) is 2.37. The van der Waals surface area contributed by atoms with Gasteiger partial charge >= 0.3 is 0 Å². The number of carbonyl (C=O) groups is 1. The van der Waals surface area contributed by atoms with Crippen molar-refractivity contribution in [1.82, 2.24) is 0 Å². The van der Waals surface area contributed by atoms with E-state index in [0.29, 0.717) is 0 Å². The van der Waals surface area contributed by atoms with E-state index in [1.807, 2.05) is 0 Å². The molecule has 0 aromatic heterocycles. The van der Waals surface area contributed by atoms with Crippen molar-refractivity contribution in [3.8, 4) is 5.75 Å². The Balaban J connectivity index is 2.60. The van der Waals surface area contributed by atoms with Crippen LogP contribution < -0.4 is 4.74 Å². The van der Waals surface area contributed by atoms with Gasteiger partial charge in [0.1, 0.15) is 29.0 Å². The highest BCUT2D eigenvalue weighted by Gasteiger charge is 2.25. The summed E-state index contributed by atoms with van der Waals surface area (Å²) in [5.41, 5.74) is -2.04. The second kappa shape index (κ2) is 5.32. The quantitative estimate of drug-likeness (QED) is 0.637. The Kier molecular flexibility index (Phi) is 3.74. The molecule has 0 heterocycles. The van der Waals surface area contributed by atoms with Crippen LogP contribution in [0.1, 0.15) is 15.9 Å². The fraction of sp³-hybridized carbons (Fsp3) is 0.0714. The van der Waals surface area contributed by atoms with Gasteiger partial charge in [-0.2, -0.15) is 0 Å². The molecule has 0 aliphatic rings. The molecule has 2 aromatic rings. The molecule has 0 atom stereocenters. The highest BCUT2D eigenvalue weighted by atomic mass is 19.1. The summed E-state index contributed by atoms with van der Waals surface area (Å²) in [6, 6.07) is 4.22. The molecule has 2 nitrogen and oxygen atoms in total. The lowest BCUT2D eigenvalue weighted by atomic mass is 10.0. The van der Waals surface area contributed by atoms with Crippen molar-refractivity contribution in [3.63, 3.8) is 0 Å². The Morgan fingerprint density at radius 1 is 0.900 bits per heavy atom. The number of methoxy groups -OCH3 is 1. The number of ketones is 1. The molecule has 0 aliphatic carbocycles. The van der Waals surface area contributed by atoms with Crippen LogP contribution in [0.25, 0.3) is 0 Å². The minimum absolute atomic E-state index is 0.148.